The molecule has 0 radical (unpaired) electrons. The maximum Gasteiger partial charge on any atom is 0.137 e. The van der Waals surface area contributed by atoms with Gasteiger partial charge in [-0.3, -0.25) is 0 Å². The van der Waals surface area contributed by atoms with Gasteiger partial charge < -0.3 is 14.8 Å². The molecule has 1 heterocycles. The largest absolute Gasteiger partial charge is 0.486 e. The van der Waals surface area contributed by atoms with Gasteiger partial charge in [0.05, 0.1) is 6.10 Å². The second-order valence-electron chi connectivity index (χ2n) is 4.67. The predicted octanol–water partition coefficient (Wildman–Crippen LogP) is 2.06. The number of rotatable bonds is 3. The first-order chi connectivity index (χ1) is 8.20. The Kier molecular flexibility index (Phi) is 4.02. The number of hydrogen-bond donors (Lipinski definition) is 1. The minimum atomic E-state index is 0.107. The fourth-order valence-corrected chi connectivity index (χ4v) is 2.16. The van der Waals surface area contributed by atoms with Gasteiger partial charge in [0.25, 0.3) is 0 Å². The molecule has 1 aliphatic rings. The number of aryl methyl sites for hydroxylation is 2. The van der Waals surface area contributed by atoms with Crippen molar-refractivity contribution < 1.29 is 9.47 Å². The first kappa shape index (κ1) is 12.4. The van der Waals surface area contributed by atoms with E-state index in [1.54, 1.807) is 7.11 Å². The van der Waals surface area contributed by atoms with Gasteiger partial charge in [-0.05, 0) is 50.1 Å². The monoisotopic (exact) mass is 235 g/mol. The summed E-state index contributed by atoms with van der Waals surface area (Å²) >= 11 is 0. The van der Waals surface area contributed by atoms with Crippen molar-refractivity contribution in [1.82, 2.24) is 5.32 Å². The fraction of sp³-hybridized carbons (Fsp3) is 0.571. The topological polar surface area (TPSA) is 30.5 Å². The van der Waals surface area contributed by atoms with Crippen LogP contribution >= 0.6 is 0 Å². The Balaban J connectivity index is 2.05. The molecular weight excluding hydrogens is 214 g/mol. The highest BCUT2D eigenvalue weighted by atomic mass is 16.5. The molecule has 3 heteroatoms. The molecule has 17 heavy (non-hydrogen) atoms. The second-order valence-corrected chi connectivity index (χ2v) is 4.67. The minimum absolute atomic E-state index is 0.107. The molecule has 0 unspecified atom stereocenters. The number of nitrogens with one attached hydrogen (secondary N) is 1. The Morgan fingerprint density at radius 2 is 2.00 bits per heavy atom. The summed E-state index contributed by atoms with van der Waals surface area (Å²) in [5, 5.41) is 3.34. The zero-order valence-corrected chi connectivity index (χ0v) is 10.8. The fourth-order valence-electron chi connectivity index (χ4n) is 2.16. The van der Waals surface area contributed by atoms with Crippen LogP contribution in [0.5, 0.6) is 5.75 Å². The molecule has 1 N–H and O–H groups in total. The van der Waals surface area contributed by atoms with E-state index in [0.29, 0.717) is 0 Å². The van der Waals surface area contributed by atoms with Crippen molar-refractivity contribution in [1.29, 1.82) is 0 Å². The van der Waals surface area contributed by atoms with Gasteiger partial charge in [0, 0.05) is 13.7 Å². The van der Waals surface area contributed by atoms with Crippen LogP contribution in [0, 0.1) is 13.8 Å². The van der Waals surface area contributed by atoms with Crippen molar-refractivity contribution in [3.8, 4) is 5.75 Å². The van der Waals surface area contributed by atoms with E-state index in [1.807, 2.05) is 6.07 Å². The molecular formula is C14H21NO2. The molecule has 2 rings (SSSR count). The zero-order chi connectivity index (χ0) is 12.3. The molecule has 0 aliphatic carbocycles. The predicted molar refractivity (Wildman–Crippen MR) is 68.6 cm³/mol. The summed E-state index contributed by atoms with van der Waals surface area (Å²) in [6.45, 7) is 6.07. The maximum atomic E-state index is 6.01. The van der Waals surface area contributed by atoms with Crippen LogP contribution in [-0.4, -0.2) is 32.4 Å². The van der Waals surface area contributed by atoms with Crippen molar-refractivity contribution in [2.24, 2.45) is 0 Å². The Morgan fingerprint density at radius 1 is 1.18 bits per heavy atom. The van der Waals surface area contributed by atoms with Gasteiger partial charge in [0.2, 0.25) is 0 Å². The minimum Gasteiger partial charge on any atom is -0.486 e. The molecule has 3 nitrogen and oxygen atoms in total. The third-order valence-corrected chi connectivity index (χ3v) is 3.43. The van der Waals surface area contributed by atoms with Crippen LogP contribution in [0.4, 0.5) is 0 Å². The molecule has 1 aromatic carbocycles. The van der Waals surface area contributed by atoms with Crippen LogP contribution < -0.4 is 10.1 Å². The maximum absolute atomic E-state index is 6.01. The molecule has 94 valence electrons. The van der Waals surface area contributed by atoms with Crippen LogP contribution in [0.15, 0.2) is 18.2 Å². The van der Waals surface area contributed by atoms with Crippen molar-refractivity contribution in [2.75, 3.05) is 20.2 Å². The summed E-state index contributed by atoms with van der Waals surface area (Å²) in [4.78, 5) is 0. The summed E-state index contributed by atoms with van der Waals surface area (Å²) in [5.74, 6) is 0.934. The van der Waals surface area contributed by atoms with E-state index < -0.39 is 0 Å². The lowest BCUT2D eigenvalue weighted by Gasteiger charge is -2.31. The van der Waals surface area contributed by atoms with E-state index in [-0.39, 0.29) is 12.2 Å². The Labute approximate surface area is 103 Å². The van der Waals surface area contributed by atoms with Gasteiger partial charge in [-0.15, -0.1) is 0 Å². The summed E-state index contributed by atoms with van der Waals surface area (Å²) in [6.07, 6.45) is 1.31. The van der Waals surface area contributed by atoms with E-state index in [2.05, 4.69) is 31.3 Å². The highest BCUT2D eigenvalue weighted by Crippen LogP contribution is 2.20. The third-order valence-electron chi connectivity index (χ3n) is 3.43. The number of methoxy groups -OCH3 is 1. The smallest absolute Gasteiger partial charge is 0.137 e. The van der Waals surface area contributed by atoms with Crippen LogP contribution in [0.1, 0.15) is 17.5 Å². The molecule has 0 spiro atoms. The second kappa shape index (κ2) is 5.52. The lowest BCUT2D eigenvalue weighted by Crippen LogP contribution is -2.48. The van der Waals surface area contributed by atoms with Gasteiger partial charge in [0.1, 0.15) is 11.9 Å². The van der Waals surface area contributed by atoms with E-state index in [9.17, 15) is 0 Å². The molecule has 0 bridgehead atoms. The molecule has 0 saturated carbocycles. The normalized spacial score (nSPS) is 24.6. The number of ether oxygens (including phenoxy) is 2. The van der Waals surface area contributed by atoms with Crippen molar-refractivity contribution in [3.63, 3.8) is 0 Å². The van der Waals surface area contributed by atoms with Gasteiger partial charge >= 0.3 is 0 Å². The highest BCUT2D eigenvalue weighted by Gasteiger charge is 2.26. The Morgan fingerprint density at radius 3 is 2.71 bits per heavy atom. The van der Waals surface area contributed by atoms with Crippen LogP contribution in [0.25, 0.3) is 0 Å². The summed E-state index contributed by atoms with van der Waals surface area (Å²) in [7, 11) is 1.76. The quantitative estimate of drug-likeness (QED) is 0.870. The SMILES string of the molecule is CO[C@@H]1CCNC[C@H]1Oc1ccc(C)c(C)c1. The molecule has 1 aromatic rings. The third kappa shape index (κ3) is 2.99. The van der Waals surface area contributed by atoms with Crippen LogP contribution in [0.3, 0.4) is 0 Å². The van der Waals surface area contributed by atoms with Gasteiger partial charge in [-0.2, -0.15) is 0 Å². The van der Waals surface area contributed by atoms with E-state index in [4.69, 9.17) is 9.47 Å². The lowest BCUT2D eigenvalue weighted by molar-refractivity contribution is -0.0153. The van der Waals surface area contributed by atoms with Crippen LogP contribution in [0.2, 0.25) is 0 Å². The lowest BCUT2D eigenvalue weighted by atomic mass is 10.1. The molecule has 1 saturated heterocycles. The van der Waals surface area contributed by atoms with Crippen molar-refractivity contribution >= 4 is 0 Å². The Bertz CT molecular complexity index is 378. The van der Waals surface area contributed by atoms with Crippen LogP contribution in [-0.2, 0) is 4.74 Å². The summed E-state index contributed by atoms with van der Waals surface area (Å²) in [6, 6.07) is 6.23. The molecule has 0 amide bonds. The van der Waals surface area contributed by atoms with E-state index in [1.165, 1.54) is 11.1 Å². The Hall–Kier alpha value is -1.06. The van der Waals surface area contributed by atoms with Crippen molar-refractivity contribution in [3.05, 3.63) is 29.3 Å². The number of piperidine rings is 1. The standard InChI is InChI=1S/C14H21NO2/c1-10-4-5-12(8-11(10)2)17-14-9-15-7-6-13(14)16-3/h4-5,8,13-15H,6-7,9H2,1-3H3/t13-,14-/m1/s1. The first-order valence-electron chi connectivity index (χ1n) is 6.18. The average molecular weight is 235 g/mol. The average Bonchev–Trinajstić information content (AvgIpc) is 2.34. The van der Waals surface area contributed by atoms with E-state index in [0.717, 1.165) is 25.3 Å². The van der Waals surface area contributed by atoms with Crippen molar-refractivity contribution in [2.45, 2.75) is 32.5 Å². The van der Waals surface area contributed by atoms with E-state index >= 15 is 0 Å². The first-order valence-corrected chi connectivity index (χ1v) is 6.18. The number of hydrogen-bond acceptors (Lipinski definition) is 3. The number of benzene rings is 1. The highest BCUT2D eigenvalue weighted by molar-refractivity contribution is 5.34. The van der Waals surface area contributed by atoms with Gasteiger partial charge in [-0.1, -0.05) is 6.07 Å². The van der Waals surface area contributed by atoms with Gasteiger partial charge in [0.15, 0.2) is 0 Å². The summed E-state index contributed by atoms with van der Waals surface area (Å²) in [5.41, 5.74) is 2.56. The summed E-state index contributed by atoms with van der Waals surface area (Å²) < 4.78 is 11.5. The molecule has 1 aliphatic heterocycles. The molecule has 1 fully saturated rings. The molecule has 2 atom stereocenters. The zero-order valence-electron chi connectivity index (χ0n) is 10.8. The van der Waals surface area contributed by atoms with Gasteiger partial charge in [-0.25, -0.2) is 0 Å². The molecule has 0 aromatic heterocycles.